The van der Waals surface area contributed by atoms with Crippen LogP contribution in [0.2, 0.25) is 0 Å². The predicted molar refractivity (Wildman–Crippen MR) is 90.0 cm³/mol. The van der Waals surface area contributed by atoms with Crippen LogP contribution in [0.15, 0.2) is 30.3 Å². The molecule has 1 saturated heterocycles. The largest absolute Gasteiger partial charge is 0.484 e. The van der Waals surface area contributed by atoms with Crippen LogP contribution in [0.25, 0.3) is 0 Å². The highest BCUT2D eigenvalue weighted by molar-refractivity contribution is 5.85. The van der Waals surface area contributed by atoms with Crippen molar-refractivity contribution in [1.29, 1.82) is 0 Å². The molecule has 1 spiro atoms. The maximum atomic E-state index is 12.0. The van der Waals surface area contributed by atoms with E-state index in [4.69, 9.17) is 14.2 Å². The maximum absolute atomic E-state index is 12.0. The van der Waals surface area contributed by atoms with Gasteiger partial charge in [0.15, 0.2) is 12.4 Å². The number of rotatable bonds is 6. The second kappa shape index (κ2) is 8.31. The Balaban J connectivity index is 1.35. The van der Waals surface area contributed by atoms with Crippen molar-refractivity contribution < 1.29 is 23.8 Å². The van der Waals surface area contributed by atoms with E-state index in [-0.39, 0.29) is 31.0 Å². The third-order valence-corrected chi connectivity index (χ3v) is 4.41. The van der Waals surface area contributed by atoms with Gasteiger partial charge < -0.3 is 24.8 Å². The molecule has 2 N–H and O–H groups in total. The van der Waals surface area contributed by atoms with Gasteiger partial charge in [0, 0.05) is 18.9 Å². The Labute approximate surface area is 147 Å². The van der Waals surface area contributed by atoms with Gasteiger partial charge in [-0.15, -0.1) is 0 Å². The molecule has 0 unspecified atom stereocenters. The summed E-state index contributed by atoms with van der Waals surface area (Å²) in [6, 6.07) is 9.08. The number of carbonyl (C=O) groups is 2. The molecule has 1 aromatic rings. The highest BCUT2D eigenvalue weighted by Gasteiger charge is 2.41. The lowest BCUT2D eigenvalue weighted by Gasteiger charge is -2.36. The smallest absolute Gasteiger partial charge is 0.258 e. The summed E-state index contributed by atoms with van der Waals surface area (Å²) < 4.78 is 16.7. The zero-order valence-corrected chi connectivity index (χ0v) is 14.2. The Morgan fingerprint density at radius 2 is 1.92 bits per heavy atom. The number of amides is 2. The second-order valence-corrected chi connectivity index (χ2v) is 6.35. The molecule has 2 fully saturated rings. The van der Waals surface area contributed by atoms with Crippen molar-refractivity contribution in [2.24, 2.45) is 0 Å². The lowest BCUT2D eigenvalue weighted by atomic mass is 9.90. The molecule has 1 aromatic carbocycles. The lowest BCUT2D eigenvalue weighted by Crippen LogP contribution is -2.49. The van der Waals surface area contributed by atoms with Crippen molar-refractivity contribution in [3.05, 3.63) is 30.3 Å². The topological polar surface area (TPSA) is 85.9 Å². The minimum absolute atomic E-state index is 0.0109. The van der Waals surface area contributed by atoms with Crippen LogP contribution in [0, 0.1) is 0 Å². The van der Waals surface area contributed by atoms with E-state index in [1.807, 2.05) is 18.2 Å². The fourth-order valence-corrected chi connectivity index (χ4v) is 3.25. The van der Waals surface area contributed by atoms with E-state index < -0.39 is 5.79 Å². The molecule has 3 rings (SSSR count). The Hall–Kier alpha value is -2.12. The zero-order chi connectivity index (χ0) is 17.5. The van der Waals surface area contributed by atoms with E-state index in [2.05, 4.69) is 10.6 Å². The zero-order valence-electron chi connectivity index (χ0n) is 14.2. The van der Waals surface area contributed by atoms with Gasteiger partial charge in [-0.25, -0.2) is 0 Å². The summed E-state index contributed by atoms with van der Waals surface area (Å²) in [7, 11) is 0. The number of benzene rings is 1. The summed E-state index contributed by atoms with van der Waals surface area (Å²) in [6.45, 7) is 1.03. The predicted octanol–water partition coefficient (Wildman–Crippen LogP) is 0.983. The van der Waals surface area contributed by atoms with Gasteiger partial charge in [0.2, 0.25) is 5.91 Å². The Morgan fingerprint density at radius 3 is 2.68 bits per heavy atom. The maximum Gasteiger partial charge on any atom is 0.258 e. The minimum Gasteiger partial charge on any atom is -0.484 e. The molecule has 0 radical (unpaired) electrons. The van der Waals surface area contributed by atoms with Crippen LogP contribution in [0.5, 0.6) is 5.75 Å². The molecule has 25 heavy (non-hydrogen) atoms. The number of nitrogens with one attached hydrogen (secondary N) is 2. The summed E-state index contributed by atoms with van der Waals surface area (Å²) in [6.07, 6.45) is 3.37. The number of hydrogen-bond donors (Lipinski definition) is 2. The van der Waals surface area contributed by atoms with Gasteiger partial charge in [-0.2, -0.15) is 0 Å². The molecule has 1 aliphatic heterocycles. The summed E-state index contributed by atoms with van der Waals surface area (Å²) in [5.41, 5.74) is 0. The van der Waals surface area contributed by atoms with Crippen molar-refractivity contribution in [3.8, 4) is 5.75 Å². The second-order valence-electron chi connectivity index (χ2n) is 6.35. The highest BCUT2D eigenvalue weighted by atomic mass is 16.7. The molecular formula is C18H24N2O5. The van der Waals surface area contributed by atoms with E-state index >= 15 is 0 Å². The molecule has 0 bridgehead atoms. The van der Waals surface area contributed by atoms with Crippen molar-refractivity contribution in [2.75, 3.05) is 26.4 Å². The molecular weight excluding hydrogens is 324 g/mol. The Morgan fingerprint density at radius 1 is 1.16 bits per heavy atom. The molecule has 1 atom stereocenters. The van der Waals surface area contributed by atoms with Crippen LogP contribution in [-0.2, 0) is 19.1 Å². The van der Waals surface area contributed by atoms with Gasteiger partial charge in [0.25, 0.3) is 5.91 Å². The van der Waals surface area contributed by atoms with Crippen LogP contribution in [0.1, 0.15) is 25.7 Å². The van der Waals surface area contributed by atoms with E-state index in [0.29, 0.717) is 25.4 Å². The van der Waals surface area contributed by atoms with Crippen LogP contribution in [-0.4, -0.2) is 50.0 Å². The first-order valence-electron chi connectivity index (χ1n) is 8.67. The molecule has 1 aliphatic carbocycles. The molecule has 1 heterocycles. The van der Waals surface area contributed by atoms with Crippen LogP contribution in [0.3, 0.4) is 0 Å². The Kier molecular flexibility index (Phi) is 5.88. The first-order valence-corrected chi connectivity index (χ1v) is 8.67. The number of para-hydroxylation sites is 1. The van der Waals surface area contributed by atoms with Crippen molar-refractivity contribution in [3.63, 3.8) is 0 Å². The fourth-order valence-electron chi connectivity index (χ4n) is 3.25. The highest BCUT2D eigenvalue weighted by Crippen LogP contribution is 2.35. The van der Waals surface area contributed by atoms with E-state index in [1.165, 1.54) is 0 Å². The molecule has 2 amide bonds. The van der Waals surface area contributed by atoms with Gasteiger partial charge in [-0.3, -0.25) is 9.59 Å². The average molecular weight is 348 g/mol. The SMILES string of the molecule is O=C(COc1ccccc1)NCC(=O)N[C@@H]1CCCC2(C1)OCCO2. The fraction of sp³-hybridized carbons (Fsp3) is 0.556. The molecule has 136 valence electrons. The average Bonchev–Trinajstić information content (AvgIpc) is 3.06. The van der Waals surface area contributed by atoms with Gasteiger partial charge in [0.05, 0.1) is 19.8 Å². The van der Waals surface area contributed by atoms with Gasteiger partial charge >= 0.3 is 0 Å². The number of hydrogen-bond acceptors (Lipinski definition) is 5. The molecule has 2 aliphatic rings. The first-order chi connectivity index (χ1) is 12.2. The summed E-state index contributed by atoms with van der Waals surface area (Å²) in [4.78, 5) is 23.8. The van der Waals surface area contributed by atoms with E-state index in [9.17, 15) is 9.59 Å². The third-order valence-electron chi connectivity index (χ3n) is 4.41. The normalized spacial score (nSPS) is 21.7. The summed E-state index contributed by atoms with van der Waals surface area (Å²) >= 11 is 0. The third kappa shape index (κ3) is 5.17. The van der Waals surface area contributed by atoms with E-state index in [1.54, 1.807) is 12.1 Å². The van der Waals surface area contributed by atoms with E-state index in [0.717, 1.165) is 19.3 Å². The molecule has 0 aromatic heterocycles. The van der Waals surface area contributed by atoms with Gasteiger partial charge in [-0.05, 0) is 25.0 Å². The number of ether oxygens (including phenoxy) is 3. The quantitative estimate of drug-likeness (QED) is 0.800. The Bertz CT molecular complexity index is 586. The van der Waals surface area contributed by atoms with Crippen molar-refractivity contribution >= 4 is 11.8 Å². The lowest BCUT2D eigenvalue weighted by molar-refractivity contribution is -0.182. The molecule has 1 saturated carbocycles. The minimum atomic E-state index is -0.525. The van der Waals surface area contributed by atoms with Crippen LogP contribution in [0.4, 0.5) is 0 Å². The number of carbonyl (C=O) groups excluding carboxylic acids is 2. The summed E-state index contributed by atoms with van der Waals surface area (Å²) in [5.74, 6) is -0.455. The van der Waals surface area contributed by atoms with Crippen molar-refractivity contribution in [1.82, 2.24) is 10.6 Å². The first kappa shape index (κ1) is 17.7. The molecule has 7 nitrogen and oxygen atoms in total. The standard InChI is InChI=1S/C18H24N2O5/c21-16(12-19-17(22)13-23-15-6-2-1-3-7-15)20-14-5-4-8-18(11-14)24-9-10-25-18/h1-3,6-7,14H,4-5,8-13H2,(H,19,22)(H,20,21)/t14-/m1/s1. The van der Waals surface area contributed by atoms with Crippen LogP contribution >= 0.6 is 0 Å². The molecule has 7 heteroatoms. The van der Waals surface area contributed by atoms with Crippen LogP contribution < -0.4 is 15.4 Å². The van der Waals surface area contributed by atoms with Gasteiger partial charge in [0.1, 0.15) is 5.75 Å². The summed E-state index contributed by atoms with van der Waals surface area (Å²) in [5, 5.41) is 5.51. The van der Waals surface area contributed by atoms with Crippen molar-refractivity contribution in [2.45, 2.75) is 37.5 Å². The monoisotopic (exact) mass is 348 g/mol. The van der Waals surface area contributed by atoms with Gasteiger partial charge in [-0.1, -0.05) is 18.2 Å².